The predicted octanol–water partition coefficient (Wildman–Crippen LogP) is 9.31. The molecule has 0 aliphatic heterocycles. The van der Waals surface area contributed by atoms with Crippen molar-refractivity contribution in [2.75, 3.05) is 26.2 Å². The van der Waals surface area contributed by atoms with Crippen molar-refractivity contribution in [2.24, 2.45) is 0 Å². The summed E-state index contributed by atoms with van der Waals surface area (Å²) in [5.74, 6) is 0.423. The molecule has 0 fully saturated rings. The average Bonchev–Trinajstić information content (AvgIpc) is 2.82. The minimum atomic E-state index is -4.20. The van der Waals surface area contributed by atoms with Crippen LogP contribution >= 0.6 is 0 Å². The molecule has 5 heteroatoms. The van der Waals surface area contributed by atoms with Crippen molar-refractivity contribution < 1.29 is 17.5 Å². The molecule has 212 valence electrons. The number of quaternary nitrogens is 1. The molecule has 1 aromatic carbocycles. The van der Waals surface area contributed by atoms with Gasteiger partial charge in [-0.05, 0) is 60.1 Å². The van der Waals surface area contributed by atoms with Crippen molar-refractivity contribution >= 4 is 10.1 Å². The van der Waals surface area contributed by atoms with Gasteiger partial charge in [0.1, 0.15) is 4.90 Å². The summed E-state index contributed by atoms with van der Waals surface area (Å²) in [6.07, 6.45) is 11.1. The molecule has 36 heavy (non-hydrogen) atoms. The fourth-order valence-corrected chi connectivity index (χ4v) is 6.02. The summed E-state index contributed by atoms with van der Waals surface area (Å²) in [6.45, 7) is 26.9. The van der Waals surface area contributed by atoms with E-state index in [0.29, 0.717) is 17.0 Å². The minimum absolute atomic E-state index is 0.0492. The van der Waals surface area contributed by atoms with Crippen molar-refractivity contribution in [3.05, 3.63) is 28.8 Å². The summed E-state index contributed by atoms with van der Waals surface area (Å²) in [7, 11) is -4.20. The van der Waals surface area contributed by atoms with Gasteiger partial charge >= 0.3 is 0 Å². The van der Waals surface area contributed by atoms with E-state index in [1.807, 2.05) is 39.8 Å². The van der Waals surface area contributed by atoms with Crippen LogP contribution in [0, 0.1) is 0 Å². The summed E-state index contributed by atoms with van der Waals surface area (Å²) in [5, 5.41) is 0. The second-order valence-electron chi connectivity index (χ2n) is 11.6. The van der Waals surface area contributed by atoms with Gasteiger partial charge < -0.3 is 4.48 Å². The van der Waals surface area contributed by atoms with E-state index in [2.05, 4.69) is 41.5 Å². The third-order valence-electron chi connectivity index (χ3n) is 7.28. The lowest BCUT2D eigenvalue weighted by Crippen LogP contribution is -2.50. The quantitative estimate of drug-likeness (QED) is 0.172. The van der Waals surface area contributed by atoms with E-state index in [-0.39, 0.29) is 16.7 Å². The second kappa shape index (κ2) is 17.6. The highest BCUT2D eigenvalue weighted by molar-refractivity contribution is 7.86. The van der Waals surface area contributed by atoms with Crippen molar-refractivity contribution in [1.29, 1.82) is 0 Å². The fourth-order valence-electron chi connectivity index (χ4n) is 4.83. The van der Waals surface area contributed by atoms with Gasteiger partial charge in [0, 0.05) is 0 Å². The molecule has 1 rings (SSSR count). The normalized spacial score (nSPS) is 12.4. The fraction of sp³-hybridized carbons (Fsp3) is 0.806. The highest BCUT2D eigenvalue weighted by Crippen LogP contribution is 2.34. The Bertz CT molecular complexity index is 762. The lowest BCUT2D eigenvalue weighted by Gasteiger charge is -2.39. The number of hydrogen-bond acceptors (Lipinski definition) is 2. The number of nitrogens with zero attached hydrogens (tertiary/aromatic N) is 1. The topological polar surface area (TPSA) is 54.4 Å². The number of unbranched alkanes of at least 4 members (excludes halogenated alkanes) is 4. The minimum Gasteiger partial charge on any atom is -0.324 e. The Morgan fingerprint density at radius 2 is 0.944 bits per heavy atom. The molecule has 4 nitrogen and oxygen atoms in total. The van der Waals surface area contributed by atoms with Crippen LogP contribution < -0.4 is 0 Å². The molecular weight excluding hydrogens is 466 g/mol. The maximum Gasteiger partial charge on any atom is 0.295 e. The van der Waals surface area contributed by atoms with Crippen molar-refractivity contribution in [1.82, 2.24) is 0 Å². The molecule has 1 N–H and O–H groups in total. The standard InChI is InChI=1S/C16H36N.C15H24O3S/c1-5-9-13-17(14-10-6-2,15-11-7-3)16-12-8-4;1-9(2)12-7-13(10(3)4)15(19(16,17)18)14(8-12)11(5)6/h5-16H2,1-4H3;7-11H,1-6H3,(H,16,17,18)/q+1;. The van der Waals surface area contributed by atoms with Crippen LogP contribution in [0.25, 0.3) is 0 Å². The van der Waals surface area contributed by atoms with Crippen LogP contribution in [0.2, 0.25) is 0 Å². The Morgan fingerprint density at radius 1 is 0.639 bits per heavy atom. The van der Waals surface area contributed by atoms with Crippen LogP contribution in [0.4, 0.5) is 0 Å². The van der Waals surface area contributed by atoms with Crippen LogP contribution in [-0.4, -0.2) is 43.6 Å². The summed E-state index contributed by atoms with van der Waals surface area (Å²) < 4.78 is 34.4. The maximum absolute atomic E-state index is 11.7. The van der Waals surface area contributed by atoms with Gasteiger partial charge in [-0.2, -0.15) is 8.42 Å². The summed E-state index contributed by atoms with van der Waals surface area (Å²) in [5.41, 5.74) is 2.52. The van der Waals surface area contributed by atoms with E-state index in [9.17, 15) is 13.0 Å². The first kappa shape index (κ1) is 35.1. The molecule has 0 saturated heterocycles. The molecular formula is C31H60NO3S+. The van der Waals surface area contributed by atoms with Gasteiger partial charge in [0.2, 0.25) is 0 Å². The first-order valence-corrected chi connectivity index (χ1v) is 16.2. The van der Waals surface area contributed by atoms with Crippen molar-refractivity contribution in [3.63, 3.8) is 0 Å². The highest BCUT2D eigenvalue weighted by Gasteiger charge is 2.26. The third-order valence-corrected chi connectivity index (χ3v) is 8.27. The van der Waals surface area contributed by atoms with Gasteiger partial charge in [0.05, 0.1) is 26.2 Å². The molecule has 0 radical (unpaired) electrons. The largest absolute Gasteiger partial charge is 0.324 e. The Balaban J connectivity index is 0.000000686. The zero-order valence-corrected chi connectivity index (χ0v) is 26.3. The van der Waals surface area contributed by atoms with Gasteiger partial charge in [-0.15, -0.1) is 0 Å². The molecule has 0 unspecified atom stereocenters. The highest BCUT2D eigenvalue weighted by atomic mass is 32.2. The molecule has 0 aliphatic rings. The summed E-state index contributed by atoms with van der Waals surface area (Å²) in [4.78, 5) is 0.0990. The average molecular weight is 527 g/mol. The monoisotopic (exact) mass is 526 g/mol. The van der Waals surface area contributed by atoms with Crippen LogP contribution in [0.5, 0.6) is 0 Å². The van der Waals surface area contributed by atoms with E-state index < -0.39 is 10.1 Å². The summed E-state index contributed by atoms with van der Waals surface area (Å²) in [6, 6.07) is 3.81. The van der Waals surface area contributed by atoms with E-state index >= 15 is 0 Å². The zero-order valence-electron chi connectivity index (χ0n) is 25.5. The lowest BCUT2D eigenvalue weighted by molar-refractivity contribution is -0.929. The Labute approximate surface area is 225 Å². The number of hydrogen-bond donors (Lipinski definition) is 1. The Morgan fingerprint density at radius 3 is 1.14 bits per heavy atom. The zero-order chi connectivity index (χ0) is 27.9. The van der Waals surface area contributed by atoms with Crippen molar-refractivity contribution in [2.45, 2.75) is 143 Å². The SMILES string of the molecule is CC(C)c1cc(C(C)C)c(S(=O)(=O)O)c(C(C)C)c1.CCCC[N+](CCCC)(CCCC)CCCC. The third kappa shape index (κ3) is 12.1. The van der Waals surface area contributed by atoms with E-state index in [1.165, 1.54) is 82.0 Å². The smallest absolute Gasteiger partial charge is 0.295 e. The first-order valence-electron chi connectivity index (χ1n) is 14.8. The maximum atomic E-state index is 11.7. The lowest BCUT2D eigenvalue weighted by atomic mass is 9.89. The predicted molar refractivity (Wildman–Crippen MR) is 158 cm³/mol. The molecule has 1 aromatic rings. The van der Waals surface area contributed by atoms with E-state index in [1.54, 1.807) is 0 Å². The summed E-state index contributed by atoms with van der Waals surface area (Å²) >= 11 is 0. The van der Waals surface area contributed by atoms with Crippen LogP contribution in [-0.2, 0) is 10.1 Å². The van der Waals surface area contributed by atoms with Crippen molar-refractivity contribution in [3.8, 4) is 0 Å². The Hall–Kier alpha value is -0.910. The van der Waals surface area contributed by atoms with Crippen LogP contribution in [0.15, 0.2) is 17.0 Å². The second-order valence-corrected chi connectivity index (χ2v) is 13.0. The Kier molecular flexibility index (Phi) is 17.1. The molecule has 0 saturated carbocycles. The molecule has 0 aliphatic carbocycles. The van der Waals surface area contributed by atoms with Crippen LogP contribution in [0.3, 0.4) is 0 Å². The molecule has 0 bridgehead atoms. The van der Waals surface area contributed by atoms with Gasteiger partial charge in [0.15, 0.2) is 0 Å². The van der Waals surface area contributed by atoms with E-state index in [0.717, 1.165) is 5.56 Å². The molecule has 0 heterocycles. The number of rotatable bonds is 16. The molecule has 0 spiro atoms. The van der Waals surface area contributed by atoms with Crippen LogP contribution in [0.1, 0.15) is 155 Å². The first-order chi connectivity index (χ1) is 16.8. The molecule has 0 amide bonds. The van der Waals surface area contributed by atoms with E-state index in [4.69, 9.17) is 0 Å². The molecule has 0 atom stereocenters. The van der Waals surface area contributed by atoms with Gasteiger partial charge in [-0.1, -0.05) is 107 Å². The number of benzene rings is 1. The molecule has 0 aromatic heterocycles. The van der Waals surface area contributed by atoms with Gasteiger partial charge in [-0.25, -0.2) is 0 Å². The van der Waals surface area contributed by atoms with Gasteiger partial charge in [-0.3, -0.25) is 4.55 Å². The van der Waals surface area contributed by atoms with Gasteiger partial charge in [0.25, 0.3) is 10.1 Å².